The Morgan fingerprint density at radius 3 is 2.71 bits per heavy atom. The van der Waals surface area contributed by atoms with Gasteiger partial charge in [0, 0.05) is 13.7 Å². The van der Waals surface area contributed by atoms with E-state index in [2.05, 4.69) is 5.32 Å². The molecule has 1 rings (SSSR count). The number of methoxy groups -OCH3 is 1. The van der Waals surface area contributed by atoms with Crippen molar-refractivity contribution < 1.29 is 19.0 Å². The zero-order chi connectivity index (χ0) is 13.1. The number of carboxylic acid groups (broad SMARTS) is 1. The van der Waals surface area contributed by atoms with Crippen molar-refractivity contribution in [3.8, 4) is 0 Å². The lowest BCUT2D eigenvalue weighted by molar-refractivity contribution is 0.0342. The number of carboxylic acids is 1. The van der Waals surface area contributed by atoms with Crippen LogP contribution in [0.25, 0.3) is 0 Å². The number of benzene rings is 1. The maximum Gasteiger partial charge on any atom is 0.337 e. The van der Waals surface area contributed by atoms with Crippen molar-refractivity contribution in [2.45, 2.75) is 19.4 Å². The van der Waals surface area contributed by atoms with Gasteiger partial charge in [0.1, 0.15) is 5.82 Å². The highest BCUT2D eigenvalue weighted by Gasteiger charge is 2.19. The van der Waals surface area contributed by atoms with E-state index in [-0.39, 0.29) is 11.3 Å². The van der Waals surface area contributed by atoms with E-state index in [1.807, 2.05) is 13.8 Å². The standard InChI is InChI=1S/C12H16FNO3/c1-12(2,17-3)7-14-10-8(11(15)16)5-4-6-9(10)13/h4-6,14H,7H2,1-3H3,(H,15,16). The Morgan fingerprint density at radius 2 is 2.18 bits per heavy atom. The molecule has 0 unspecified atom stereocenters. The van der Waals surface area contributed by atoms with Crippen LogP contribution < -0.4 is 5.32 Å². The highest BCUT2D eigenvalue weighted by Crippen LogP contribution is 2.21. The van der Waals surface area contributed by atoms with Crippen LogP contribution in [0.4, 0.5) is 10.1 Å². The van der Waals surface area contributed by atoms with E-state index >= 15 is 0 Å². The molecule has 0 atom stereocenters. The van der Waals surface area contributed by atoms with Crippen LogP contribution in [0.2, 0.25) is 0 Å². The molecule has 0 fully saturated rings. The van der Waals surface area contributed by atoms with E-state index in [0.717, 1.165) is 0 Å². The van der Waals surface area contributed by atoms with E-state index in [0.29, 0.717) is 6.54 Å². The van der Waals surface area contributed by atoms with E-state index in [1.165, 1.54) is 18.2 Å². The summed E-state index contributed by atoms with van der Waals surface area (Å²) in [7, 11) is 1.54. The van der Waals surface area contributed by atoms with Gasteiger partial charge in [-0.3, -0.25) is 0 Å². The Balaban J connectivity index is 2.94. The summed E-state index contributed by atoms with van der Waals surface area (Å²) in [4.78, 5) is 10.9. The van der Waals surface area contributed by atoms with Crippen LogP contribution in [0.15, 0.2) is 18.2 Å². The third-order valence-electron chi connectivity index (χ3n) is 2.49. The third-order valence-corrected chi connectivity index (χ3v) is 2.49. The summed E-state index contributed by atoms with van der Waals surface area (Å²) in [5.74, 6) is -1.75. The molecule has 2 N–H and O–H groups in total. The Bertz CT molecular complexity index is 418. The van der Waals surface area contributed by atoms with E-state index in [9.17, 15) is 9.18 Å². The Hall–Kier alpha value is -1.62. The fraction of sp³-hybridized carbons (Fsp3) is 0.417. The van der Waals surface area contributed by atoms with Gasteiger partial charge < -0.3 is 15.2 Å². The monoisotopic (exact) mass is 241 g/mol. The molecule has 0 aromatic heterocycles. The quantitative estimate of drug-likeness (QED) is 0.830. The van der Waals surface area contributed by atoms with Crippen LogP contribution in [0.1, 0.15) is 24.2 Å². The minimum absolute atomic E-state index is 0.00914. The lowest BCUT2D eigenvalue weighted by atomic mass is 10.1. The van der Waals surface area contributed by atoms with Gasteiger partial charge in [-0.15, -0.1) is 0 Å². The van der Waals surface area contributed by atoms with E-state index in [1.54, 1.807) is 7.11 Å². The average molecular weight is 241 g/mol. The van der Waals surface area contributed by atoms with Gasteiger partial charge in [-0.05, 0) is 26.0 Å². The molecule has 0 heterocycles. The van der Waals surface area contributed by atoms with Crippen molar-refractivity contribution in [2.24, 2.45) is 0 Å². The number of rotatable bonds is 5. The lowest BCUT2D eigenvalue weighted by Gasteiger charge is -2.24. The first kappa shape index (κ1) is 13.4. The molecule has 5 heteroatoms. The number of ether oxygens (including phenoxy) is 1. The molecule has 0 amide bonds. The number of hydrogen-bond acceptors (Lipinski definition) is 3. The molecule has 0 spiro atoms. The second-order valence-corrected chi connectivity index (χ2v) is 4.28. The van der Waals surface area contributed by atoms with Crippen molar-refractivity contribution in [1.82, 2.24) is 0 Å². The highest BCUT2D eigenvalue weighted by molar-refractivity contribution is 5.94. The minimum atomic E-state index is -1.16. The summed E-state index contributed by atoms with van der Waals surface area (Å²) in [6.07, 6.45) is 0. The number of hydrogen-bond donors (Lipinski definition) is 2. The number of para-hydroxylation sites is 1. The van der Waals surface area contributed by atoms with Gasteiger partial charge in [-0.2, -0.15) is 0 Å². The number of aromatic carboxylic acids is 1. The van der Waals surface area contributed by atoms with Crippen molar-refractivity contribution in [1.29, 1.82) is 0 Å². The molecule has 0 aliphatic heterocycles. The number of anilines is 1. The fourth-order valence-electron chi connectivity index (χ4n) is 1.26. The molecular weight excluding hydrogens is 225 g/mol. The van der Waals surface area contributed by atoms with Crippen LogP contribution in [-0.2, 0) is 4.74 Å². The second kappa shape index (κ2) is 5.14. The molecule has 17 heavy (non-hydrogen) atoms. The zero-order valence-electron chi connectivity index (χ0n) is 10.1. The van der Waals surface area contributed by atoms with Crippen molar-refractivity contribution >= 4 is 11.7 Å². The normalized spacial score (nSPS) is 11.3. The fourth-order valence-corrected chi connectivity index (χ4v) is 1.26. The van der Waals surface area contributed by atoms with Crippen LogP contribution in [-0.4, -0.2) is 30.3 Å². The average Bonchev–Trinajstić information content (AvgIpc) is 2.27. The summed E-state index contributed by atoms with van der Waals surface area (Å²) >= 11 is 0. The lowest BCUT2D eigenvalue weighted by Crippen LogP contribution is -2.32. The molecule has 4 nitrogen and oxygen atoms in total. The van der Waals surface area contributed by atoms with E-state index in [4.69, 9.17) is 9.84 Å². The molecule has 94 valence electrons. The molecule has 0 aliphatic carbocycles. The summed E-state index contributed by atoms with van der Waals surface area (Å²) in [6, 6.07) is 3.94. The van der Waals surface area contributed by atoms with Crippen LogP contribution in [0, 0.1) is 5.82 Å². The van der Waals surface area contributed by atoms with Crippen LogP contribution >= 0.6 is 0 Å². The van der Waals surface area contributed by atoms with Gasteiger partial charge in [0.25, 0.3) is 0 Å². The zero-order valence-corrected chi connectivity index (χ0v) is 10.1. The molecule has 0 aliphatic rings. The van der Waals surface area contributed by atoms with Gasteiger partial charge in [0.2, 0.25) is 0 Å². The second-order valence-electron chi connectivity index (χ2n) is 4.28. The number of halogens is 1. The smallest absolute Gasteiger partial charge is 0.337 e. The topological polar surface area (TPSA) is 58.6 Å². The summed E-state index contributed by atoms with van der Waals surface area (Å²) in [5.41, 5.74) is -0.597. The van der Waals surface area contributed by atoms with Crippen molar-refractivity contribution in [2.75, 3.05) is 19.0 Å². The van der Waals surface area contributed by atoms with Gasteiger partial charge in [0.05, 0.1) is 16.9 Å². The van der Waals surface area contributed by atoms with Gasteiger partial charge in [0.15, 0.2) is 0 Å². The van der Waals surface area contributed by atoms with Crippen LogP contribution in [0.3, 0.4) is 0 Å². The molecule has 1 aromatic rings. The van der Waals surface area contributed by atoms with E-state index < -0.39 is 17.4 Å². The van der Waals surface area contributed by atoms with Crippen molar-refractivity contribution in [3.63, 3.8) is 0 Å². The maximum absolute atomic E-state index is 13.5. The summed E-state index contributed by atoms with van der Waals surface area (Å²) in [6.45, 7) is 3.95. The van der Waals surface area contributed by atoms with Gasteiger partial charge in [-0.1, -0.05) is 6.07 Å². The first-order valence-corrected chi connectivity index (χ1v) is 5.18. The van der Waals surface area contributed by atoms with Crippen molar-refractivity contribution in [3.05, 3.63) is 29.6 Å². The molecule has 0 saturated carbocycles. The third kappa shape index (κ3) is 3.42. The first-order valence-electron chi connectivity index (χ1n) is 5.18. The number of carbonyl (C=O) groups is 1. The summed E-state index contributed by atoms with van der Waals surface area (Å²) < 4.78 is 18.7. The largest absolute Gasteiger partial charge is 0.478 e. The Labute approximate surface area is 99.4 Å². The van der Waals surface area contributed by atoms with Gasteiger partial charge >= 0.3 is 5.97 Å². The highest BCUT2D eigenvalue weighted by atomic mass is 19.1. The summed E-state index contributed by atoms with van der Waals surface area (Å²) in [5, 5.41) is 11.7. The van der Waals surface area contributed by atoms with Crippen LogP contribution in [0.5, 0.6) is 0 Å². The SMILES string of the molecule is COC(C)(C)CNc1c(F)cccc1C(=O)O. The number of nitrogens with one attached hydrogen (secondary N) is 1. The predicted octanol–water partition coefficient (Wildman–Crippen LogP) is 2.36. The Kier molecular flexibility index (Phi) is 4.07. The predicted molar refractivity (Wildman–Crippen MR) is 62.9 cm³/mol. The minimum Gasteiger partial charge on any atom is -0.478 e. The molecule has 0 saturated heterocycles. The first-order chi connectivity index (χ1) is 7.87. The molecule has 1 aromatic carbocycles. The molecule has 0 radical (unpaired) electrons. The molecular formula is C12H16FNO3. The molecule has 0 bridgehead atoms. The Morgan fingerprint density at radius 1 is 1.53 bits per heavy atom. The maximum atomic E-state index is 13.5. The van der Waals surface area contributed by atoms with Gasteiger partial charge in [-0.25, -0.2) is 9.18 Å².